The molecule has 168 valence electrons. The molecule has 4 rings (SSSR count). The van der Waals surface area contributed by atoms with E-state index in [0.29, 0.717) is 24.4 Å². The molecule has 0 radical (unpaired) electrons. The number of imide groups is 1. The van der Waals surface area contributed by atoms with Crippen LogP contribution in [0.2, 0.25) is 0 Å². The third kappa shape index (κ3) is 3.95. The molecular weight excluding hydrogens is 396 g/mol. The first kappa shape index (κ1) is 21.8. The van der Waals surface area contributed by atoms with Crippen molar-refractivity contribution in [1.82, 2.24) is 9.80 Å². The number of methoxy groups -OCH3 is 2. The molecule has 0 aromatic heterocycles. The van der Waals surface area contributed by atoms with E-state index in [4.69, 9.17) is 9.47 Å². The van der Waals surface area contributed by atoms with Crippen molar-refractivity contribution in [2.75, 3.05) is 27.3 Å². The van der Waals surface area contributed by atoms with Crippen LogP contribution >= 0.6 is 0 Å². The number of piperidine rings is 1. The minimum atomic E-state index is -1.22. The molecule has 7 heteroatoms. The molecule has 7 nitrogen and oxygen atoms in total. The SMILES string of the molecule is COc1ccccc1[C@]1(CC(=O)N2CCC[C@H](OC)C2)CC(=O)N(C2CCCC2)C1=O. The van der Waals surface area contributed by atoms with Crippen molar-refractivity contribution in [2.45, 2.75) is 68.9 Å². The Labute approximate surface area is 183 Å². The normalized spacial score (nSPS) is 27.2. The highest BCUT2D eigenvalue weighted by Crippen LogP contribution is 2.46. The van der Waals surface area contributed by atoms with Crippen LogP contribution in [0.1, 0.15) is 56.9 Å². The lowest BCUT2D eigenvalue weighted by atomic mass is 9.75. The Bertz CT molecular complexity index is 850. The molecular formula is C24H32N2O5. The Morgan fingerprint density at radius 2 is 1.84 bits per heavy atom. The number of nitrogens with zero attached hydrogens (tertiary/aromatic N) is 2. The highest BCUT2D eigenvalue weighted by atomic mass is 16.5. The Kier molecular flexibility index (Phi) is 6.32. The van der Waals surface area contributed by atoms with Crippen LogP contribution in [0.25, 0.3) is 0 Å². The van der Waals surface area contributed by atoms with Crippen molar-refractivity contribution in [3.63, 3.8) is 0 Å². The standard InChI is InChI=1S/C24H32N2O5/c1-30-18-10-7-13-25(16-18)21(27)14-24(19-11-5-6-12-20(19)31-2)15-22(28)26(23(24)29)17-8-3-4-9-17/h5-6,11-12,17-18H,3-4,7-10,13-16H2,1-2H3/t18-,24-/m0/s1. The number of para-hydroxylation sites is 1. The van der Waals surface area contributed by atoms with Crippen LogP contribution in [0.3, 0.4) is 0 Å². The van der Waals surface area contributed by atoms with E-state index < -0.39 is 5.41 Å². The van der Waals surface area contributed by atoms with Gasteiger partial charge in [-0.05, 0) is 31.7 Å². The maximum Gasteiger partial charge on any atom is 0.241 e. The summed E-state index contributed by atoms with van der Waals surface area (Å²) in [6.45, 7) is 1.17. The zero-order chi connectivity index (χ0) is 22.0. The van der Waals surface area contributed by atoms with E-state index in [1.807, 2.05) is 18.2 Å². The number of benzene rings is 1. The molecule has 3 aliphatic rings. The Morgan fingerprint density at radius 1 is 1.10 bits per heavy atom. The molecule has 1 aliphatic carbocycles. The van der Waals surface area contributed by atoms with Gasteiger partial charge in [0.05, 0.1) is 18.6 Å². The number of likely N-dealkylation sites (tertiary alicyclic amines) is 2. The lowest BCUT2D eigenvalue weighted by molar-refractivity contribution is -0.145. The van der Waals surface area contributed by atoms with Crippen LogP contribution < -0.4 is 4.74 Å². The van der Waals surface area contributed by atoms with Gasteiger partial charge in [-0.3, -0.25) is 19.3 Å². The predicted molar refractivity (Wildman–Crippen MR) is 115 cm³/mol. The summed E-state index contributed by atoms with van der Waals surface area (Å²) < 4.78 is 11.0. The summed E-state index contributed by atoms with van der Waals surface area (Å²) >= 11 is 0. The quantitative estimate of drug-likeness (QED) is 0.651. The number of ether oxygens (including phenoxy) is 2. The average molecular weight is 429 g/mol. The lowest BCUT2D eigenvalue weighted by Gasteiger charge is -2.35. The van der Waals surface area contributed by atoms with Gasteiger partial charge in [-0.25, -0.2) is 0 Å². The molecule has 3 amide bonds. The fraction of sp³-hybridized carbons (Fsp3) is 0.625. The monoisotopic (exact) mass is 428 g/mol. The van der Waals surface area contributed by atoms with Crippen LogP contribution in [0.4, 0.5) is 0 Å². The van der Waals surface area contributed by atoms with Gasteiger partial charge < -0.3 is 14.4 Å². The molecule has 31 heavy (non-hydrogen) atoms. The van der Waals surface area contributed by atoms with Crippen LogP contribution in [0.15, 0.2) is 24.3 Å². The Morgan fingerprint density at radius 3 is 2.55 bits per heavy atom. The number of rotatable bonds is 6. The van der Waals surface area contributed by atoms with Crippen molar-refractivity contribution < 1.29 is 23.9 Å². The van der Waals surface area contributed by atoms with Gasteiger partial charge in [-0.2, -0.15) is 0 Å². The number of hydrogen-bond acceptors (Lipinski definition) is 5. The van der Waals surface area contributed by atoms with E-state index in [1.54, 1.807) is 25.2 Å². The highest BCUT2D eigenvalue weighted by Gasteiger charge is 2.57. The van der Waals surface area contributed by atoms with E-state index >= 15 is 0 Å². The molecule has 0 bridgehead atoms. The largest absolute Gasteiger partial charge is 0.496 e. The zero-order valence-electron chi connectivity index (χ0n) is 18.5. The molecule has 1 aromatic carbocycles. The summed E-state index contributed by atoms with van der Waals surface area (Å²) in [6, 6.07) is 7.23. The van der Waals surface area contributed by atoms with Crippen LogP contribution in [0, 0.1) is 0 Å². The highest BCUT2D eigenvalue weighted by molar-refractivity contribution is 6.11. The molecule has 2 atom stereocenters. The van der Waals surface area contributed by atoms with Gasteiger partial charge in [0.1, 0.15) is 5.75 Å². The molecule has 2 heterocycles. The van der Waals surface area contributed by atoms with E-state index in [0.717, 1.165) is 38.5 Å². The number of carbonyl (C=O) groups excluding carboxylic acids is 3. The van der Waals surface area contributed by atoms with Crippen molar-refractivity contribution in [3.8, 4) is 5.75 Å². The summed E-state index contributed by atoms with van der Waals surface area (Å²) in [4.78, 5) is 43.7. The predicted octanol–water partition coefficient (Wildman–Crippen LogP) is 2.66. The van der Waals surface area contributed by atoms with Gasteiger partial charge in [0, 0.05) is 44.6 Å². The second kappa shape index (κ2) is 8.99. The summed E-state index contributed by atoms with van der Waals surface area (Å²) in [7, 11) is 3.21. The summed E-state index contributed by atoms with van der Waals surface area (Å²) in [5.41, 5.74) is -0.589. The third-order valence-corrected chi connectivity index (χ3v) is 7.18. The summed E-state index contributed by atoms with van der Waals surface area (Å²) in [6.07, 6.45) is 5.51. The number of amides is 3. The van der Waals surface area contributed by atoms with Crippen molar-refractivity contribution in [2.24, 2.45) is 0 Å². The van der Waals surface area contributed by atoms with Gasteiger partial charge in [-0.15, -0.1) is 0 Å². The lowest BCUT2D eigenvalue weighted by Crippen LogP contribution is -2.48. The second-order valence-electron chi connectivity index (χ2n) is 8.98. The van der Waals surface area contributed by atoms with E-state index in [9.17, 15) is 14.4 Å². The molecule has 1 aromatic rings. The first-order valence-corrected chi connectivity index (χ1v) is 11.3. The molecule has 0 N–H and O–H groups in total. The molecule has 1 saturated carbocycles. The average Bonchev–Trinajstić information content (AvgIpc) is 3.40. The van der Waals surface area contributed by atoms with E-state index in [2.05, 4.69) is 0 Å². The van der Waals surface area contributed by atoms with Gasteiger partial charge in [0.25, 0.3) is 0 Å². The number of carbonyl (C=O) groups is 3. The van der Waals surface area contributed by atoms with Crippen molar-refractivity contribution >= 4 is 17.7 Å². The minimum absolute atomic E-state index is 0.00991. The van der Waals surface area contributed by atoms with Crippen LogP contribution in [-0.2, 0) is 24.5 Å². The minimum Gasteiger partial charge on any atom is -0.496 e. The Hall–Kier alpha value is -2.41. The zero-order valence-corrected chi connectivity index (χ0v) is 18.5. The fourth-order valence-corrected chi connectivity index (χ4v) is 5.51. The maximum atomic E-state index is 13.9. The van der Waals surface area contributed by atoms with Crippen molar-refractivity contribution in [1.29, 1.82) is 0 Å². The van der Waals surface area contributed by atoms with Gasteiger partial charge in [-0.1, -0.05) is 31.0 Å². The first-order valence-electron chi connectivity index (χ1n) is 11.3. The number of hydrogen-bond donors (Lipinski definition) is 0. The fourth-order valence-electron chi connectivity index (χ4n) is 5.51. The first-order chi connectivity index (χ1) is 15.0. The van der Waals surface area contributed by atoms with Crippen LogP contribution in [0.5, 0.6) is 5.75 Å². The van der Waals surface area contributed by atoms with Crippen molar-refractivity contribution in [3.05, 3.63) is 29.8 Å². The third-order valence-electron chi connectivity index (χ3n) is 7.18. The smallest absolute Gasteiger partial charge is 0.241 e. The molecule has 2 saturated heterocycles. The van der Waals surface area contributed by atoms with Gasteiger partial charge in [0.15, 0.2) is 0 Å². The molecule has 3 fully saturated rings. The van der Waals surface area contributed by atoms with Crippen LogP contribution in [-0.4, -0.2) is 67.0 Å². The molecule has 0 spiro atoms. The summed E-state index contributed by atoms with van der Waals surface area (Å²) in [5, 5.41) is 0. The maximum absolute atomic E-state index is 13.9. The molecule has 2 aliphatic heterocycles. The van der Waals surface area contributed by atoms with E-state index in [-0.39, 0.29) is 42.7 Å². The summed E-state index contributed by atoms with van der Waals surface area (Å²) in [5.74, 6) is 0.00628. The topological polar surface area (TPSA) is 76.2 Å². The Balaban J connectivity index is 1.69. The second-order valence-corrected chi connectivity index (χ2v) is 8.98. The molecule has 0 unspecified atom stereocenters. The van der Waals surface area contributed by atoms with Gasteiger partial charge >= 0.3 is 0 Å². The van der Waals surface area contributed by atoms with Gasteiger partial charge in [0.2, 0.25) is 17.7 Å². The van der Waals surface area contributed by atoms with E-state index in [1.165, 1.54) is 4.90 Å².